The average Bonchev–Trinajstić information content (AvgIpc) is 2.23. The van der Waals surface area contributed by atoms with Crippen molar-refractivity contribution in [2.75, 3.05) is 7.05 Å². The topological polar surface area (TPSA) is 29.1 Å². The van der Waals surface area contributed by atoms with Gasteiger partial charge in [0.25, 0.3) is 0 Å². The van der Waals surface area contributed by atoms with Gasteiger partial charge in [0, 0.05) is 44.5 Å². The molecule has 83 valence electrons. The van der Waals surface area contributed by atoms with Crippen molar-refractivity contribution in [3.8, 4) is 0 Å². The Hall–Kier alpha value is 0.384. The quantitative estimate of drug-likeness (QED) is 0.758. The minimum atomic E-state index is -0.988. The van der Waals surface area contributed by atoms with Gasteiger partial charge in [0.2, 0.25) is 5.53 Å². The van der Waals surface area contributed by atoms with E-state index in [-0.39, 0.29) is 35.1 Å². The van der Waals surface area contributed by atoms with Gasteiger partial charge in [-0.2, -0.15) is 0 Å². The molecule has 0 spiro atoms. The number of carbonyl (C=O) groups excluding carboxylic acids is 1. The average molecular weight is 260 g/mol. The van der Waals surface area contributed by atoms with Crippen LogP contribution >= 0.6 is 0 Å². The number of hydrogen-bond acceptors (Lipinski definition) is 1. The second-order valence-corrected chi connectivity index (χ2v) is 11.8. The largest absolute Gasteiger partial charge is 0.361 e. The van der Waals surface area contributed by atoms with Crippen LogP contribution in [0.1, 0.15) is 21.5 Å². The third-order valence-corrected chi connectivity index (χ3v) is 12.7. The van der Waals surface area contributed by atoms with Crippen LogP contribution < -0.4 is 5.32 Å². The van der Waals surface area contributed by atoms with Crippen LogP contribution in [0.4, 0.5) is 4.79 Å². The minimum Gasteiger partial charge on any atom is -0.361 e. The smallest absolute Gasteiger partial charge is 0.212 e. The van der Waals surface area contributed by atoms with Crippen molar-refractivity contribution in [1.82, 2.24) is 5.32 Å². The molecule has 16 heavy (non-hydrogen) atoms. The van der Waals surface area contributed by atoms with Gasteiger partial charge in [-0.3, -0.25) is 4.79 Å². The Balaban J connectivity index is 0.00000225. The van der Waals surface area contributed by atoms with E-state index in [0.29, 0.717) is 0 Å². The second-order valence-electron chi connectivity index (χ2n) is 4.08. The summed E-state index contributed by atoms with van der Waals surface area (Å²) in [4.78, 5) is 11.9. The fourth-order valence-electron chi connectivity index (χ4n) is 1.97. The normalized spacial score (nSPS) is 9.62. The number of hydrogen-bond donors (Lipinski definition) is 1. The van der Waals surface area contributed by atoms with E-state index in [0.717, 1.165) is 0 Å². The summed E-state index contributed by atoms with van der Waals surface area (Å²) < 4.78 is 0. The molecule has 1 rings (SSSR count). The molecule has 0 atom stereocenters. The summed E-state index contributed by atoms with van der Waals surface area (Å²) in [7, 11) is 0.122. The van der Waals surface area contributed by atoms with Crippen molar-refractivity contribution >= 4 is 50.9 Å². The molecular weight excluding hydrogens is 241 g/mol. The van der Waals surface area contributed by atoms with Crippen molar-refractivity contribution in [2.24, 2.45) is 6.55 Å². The van der Waals surface area contributed by atoms with Gasteiger partial charge in [0.1, 0.15) is 7.90 Å². The third kappa shape index (κ3) is 2.79. The van der Waals surface area contributed by atoms with E-state index in [1.165, 1.54) is 21.5 Å². The number of carbonyl (C=O) groups is 1. The molecule has 1 aromatic heterocycles. The van der Waals surface area contributed by atoms with Crippen LogP contribution in [0.5, 0.6) is 0 Å². The molecule has 0 aromatic carbocycles. The van der Waals surface area contributed by atoms with Crippen molar-refractivity contribution < 1.29 is 4.79 Å². The zero-order valence-electron chi connectivity index (χ0n) is 11.4. The minimum absolute atomic E-state index is 0. The number of amides is 1. The first-order chi connectivity index (χ1) is 6.91. The van der Waals surface area contributed by atoms with Crippen LogP contribution in [0.25, 0.3) is 0 Å². The van der Waals surface area contributed by atoms with Crippen molar-refractivity contribution in [1.29, 1.82) is 0 Å². The summed E-state index contributed by atoms with van der Waals surface area (Å²) in [6.45, 7) is 11.0. The Labute approximate surface area is 123 Å². The van der Waals surface area contributed by atoms with Crippen LogP contribution in [0.2, 0.25) is 0 Å². The summed E-state index contributed by atoms with van der Waals surface area (Å²) in [5.41, 5.74) is 3.04. The predicted octanol–water partition coefficient (Wildman–Crippen LogP) is 1.32. The molecule has 0 bridgehead atoms. The van der Waals surface area contributed by atoms with E-state index in [4.69, 9.17) is 0 Å². The molecule has 0 saturated heterocycles. The van der Waals surface area contributed by atoms with E-state index in [2.05, 4.69) is 39.6 Å². The molecule has 1 radical (unpaired) electrons. The van der Waals surface area contributed by atoms with Crippen LogP contribution in [0.3, 0.4) is 0 Å². The molecule has 0 aliphatic heterocycles. The summed E-state index contributed by atoms with van der Waals surface area (Å²) in [5.74, 6) is 0. The molecule has 1 heterocycles. The molecule has 1 aromatic rings. The first-order valence-electron chi connectivity index (χ1n) is 5.20. The molecule has 0 saturated carbocycles. The van der Waals surface area contributed by atoms with Gasteiger partial charge in [-0.25, -0.2) is 0 Å². The molecular formula is C11H19NNaOSi2. The summed E-state index contributed by atoms with van der Waals surface area (Å²) >= 11 is 0. The van der Waals surface area contributed by atoms with E-state index in [9.17, 15) is 4.79 Å². The van der Waals surface area contributed by atoms with Crippen LogP contribution in [-0.2, 0) is 6.55 Å². The maximum absolute atomic E-state index is 11.9. The SMILES string of the molecule is CNC(=O)[si]1c(C)c(C)c(C)c(C)[si]1C.[Na]. The molecule has 5 heteroatoms. The van der Waals surface area contributed by atoms with Crippen molar-refractivity contribution in [3.63, 3.8) is 0 Å². The van der Waals surface area contributed by atoms with Gasteiger partial charge in [-0.1, -0.05) is 22.5 Å². The number of nitrogens with one attached hydrogen (secondary N) is 1. The van der Waals surface area contributed by atoms with Gasteiger partial charge in [-0.05, 0) is 33.3 Å². The Morgan fingerprint density at radius 3 is 1.94 bits per heavy atom. The van der Waals surface area contributed by atoms with Gasteiger partial charge >= 0.3 is 0 Å². The van der Waals surface area contributed by atoms with Crippen molar-refractivity contribution in [3.05, 3.63) is 21.5 Å². The Kier molecular flexibility index (Phi) is 6.50. The first-order valence-corrected chi connectivity index (χ1v) is 9.70. The first kappa shape index (κ1) is 16.4. The Morgan fingerprint density at radius 1 is 1.06 bits per heavy atom. The fourth-order valence-corrected chi connectivity index (χ4v) is 10.5. The molecule has 2 nitrogen and oxygen atoms in total. The summed E-state index contributed by atoms with van der Waals surface area (Å²) in [6.07, 6.45) is 0. The standard InChI is InChI=1S/C11H19NOSi2.Na/c1-7-8(2)10(4)15(11(13)12-5)14(6)9(7)3;/h1-6H3,(H,12,13);. The zero-order chi connectivity index (χ0) is 11.7. The number of rotatable bonds is 1. The summed E-state index contributed by atoms with van der Waals surface area (Å²) in [5, 5.41) is 5.67. The van der Waals surface area contributed by atoms with Gasteiger partial charge in [0.15, 0.2) is 0 Å². The van der Waals surface area contributed by atoms with E-state index >= 15 is 0 Å². The third-order valence-electron chi connectivity index (χ3n) is 3.45. The predicted molar refractivity (Wildman–Crippen MR) is 73.9 cm³/mol. The summed E-state index contributed by atoms with van der Waals surface area (Å²) in [6, 6.07) is 0. The zero-order valence-corrected chi connectivity index (χ0v) is 15.4. The molecule has 1 amide bonds. The van der Waals surface area contributed by atoms with E-state index in [1.807, 2.05) is 0 Å². The molecule has 1 N–H and O–H groups in total. The van der Waals surface area contributed by atoms with E-state index in [1.54, 1.807) is 7.05 Å². The fraction of sp³-hybridized carbons (Fsp3) is 0.545. The Bertz CT molecular complexity index is 403. The van der Waals surface area contributed by atoms with Crippen LogP contribution in [-0.4, -0.2) is 57.9 Å². The van der Waals surface area contributed by atoms with Gasteiger partial charge < -0.3 is 5.32 Å². The van der Waals surface area contributed by atoms with Crippen LogP contribution in [0.15, 0.2) is 0 Å². The molecule has 0 aliphatic rings. The maximum atomic E-state index is 11.9. The van der Waals surface area contributed by atoms with Crippen molar-refractivity contribution in [2.45, 2.75) is 27.7 Å². The molecule has 0 unspecified atom stereocenters. The van der Waals surface area contributed by atoms with Crippen LogP contribution in [0, 0.1) is 27.7 Å². The molecule has 0 fully saturated rings. The monoisotopic (exact) mass is 260 g/mol. The Morgan fingerprint density at radius 2 is 1.50 bits per heavy atom. The van der Waals surface area contributed by atoms with E-state index < -0.39 is 15.8 Å². The van der Waals surface area contributed by atoms with Gasteiger partial charge in [-0.15, -0.1) is 0 Å². The maximum Gasteiger partial charge on any atom is 0.212 e. The van der Waals surface area contributed by atoms with Gasteiger partial charge in [0.05, 0.1) is 0 Å². The molecule has 0 aliphatic carbocycles. The second kappa shape index (κ2) is 6.35.